The van der Waals surface area contributed by atoms with Crippen molar-refractivity contribution in [1.82, 2.24) is 5.32 Å². The molecule has 1 N–H and O–H groups in total. The summed E-state index contributed by atoms with van der Waals surface area (Å²) in [5.74, 6) is 0. The van der Waals surface area contributed by atoms with Gasteiger partial charge in [-0.1, -0.05) is 25.1 Å². The molecule has 96 valence electrons. The topological polar surface area (TPSA) is 39.1 Å². The Kier molecular flexibility index (Phi) is 4.22. The van der Waals surface area contributed by atoms with Crippen LogP contribution in [0.25, 0.3) is 0 Å². The highest BCUT2D eigenvalue weighted by Gasteiger charge is 2.23. The van der Waals surface area contributed by atoms with Crippen molar-refractivity contribution in [3.05, 3.63) is 29.8 Å². The number of rotatable bonds is 3. The molecule has 1 aromatic carbocycles. The fraction of sp³-hybridized carbons (Fsp3) is 0.533. The van der Waals surface area contributed by atoms with Crippen LogP contribution in [0.2, 0.25) is 0 Å². The molecule has 1 aliphatic rings. The van der Waals surface area contributed by atoms with Crippen molar-refractivity contribution in [2.24, 2.45) is 0 Å². The highest BCUT2D eigenvalue weighted by atomic mass is 15.2. The fourth-order valence-electron chi connectivity index (χ4n) is 2.61. The van der Waals surface area contributed by atoms with E-state index in [1.807, 2.05) is 0 Å². The lowest BCUT2D eigenvalue weighted by atomic mass is 10.1. The molecule has 2 unspecified atom stereocenters. The average molecular weight is 243 g/mol. The minimum atomic E-state index is 0.318. The van der Waals surface area contributed by atoms with Gasteiger partial charge in [0.2, 0.25) is 0 Å². The highest BCUT2D eigenvalue weighted by molar-refractivity contribution is 5.55. The maximum atomic E-state index is 8.99. The van der Waals surface area contributed by atoms with Gasteiger partial charge in [0, 0.05) is 30.9 Å². The standard InChI is InChI=1S/C15H21N3/c1-3-14(8-9-16)18-11-12(2)17-10-13-6-4-5-7-15(13)18/h4-7,12,14,17H,3,8,10-11H2,1-2H3. The van der Waals surface area contributed by atoms with Crippen LogP contribution in [0.3, 0.4) is 0 Å². The number of nitrogens with one attached hydrogen (secondary N) is 1. The molecule has 0 fully saturated rings. The van der Waals surface area contributed by atoms with Crippen LogP contribution < -0.4 is 10.2 Å². The van der Waals surface area contributed by atoms with E-state index in [2.05, 4.69) is 54.4 Å². The number of nitrogens with zero attached hydrogens (tertiary/aromatic N) is 2. The second-order valence-electron chi connectivity index (χ2n) is 4.99. The van der Waals surface area contributed by atoms with Crippen LogP contribution in [0, 0.1) is 11.3 Å². The Morgan fingerprint density at radius 3 is 3.00 bits per heavy atom. The Morgan fingerprint density at radius 2 is 2.28 bits per heavy atom. The summed E-state index contributed by atoms with van der Waals surface area (Å²) in [5.41, 5.74) is 2.62. The van der Waals surface area contributed by atoms with Crippen molar-refractivity contribution in [3.8, 4) is 6.07 Å². The Morgan fingerprint density at radius 1 is 1.50 bits per heavy atom. The van der Waals surface area contributed by atoms with Gasteiger partial charge in [0.25, 0.3) is 0 Å². The first kappa shape index (κ1) is 12.9. The smallest absolute Gasteiger partial charge is 0.0643 e. The Balaban J connectivity index is 2.34. The van der Waals surface area contributed by atoms with Crippen molar-refractivity contribution in [1.29, 1.82) is 5.26 Å². The van der Waals surface area contributed by atoms with E-state index in [1.165, 1.54) is 11.3 Å². The highest BCUT2D eigenvalue weighted by Crippen LogP contribution is 2.27. The molecule has 2 rings (SSSR count). The van der Waals surface area contributed by atoms with Gasteiger partial charge in [-0.05, 0) is 25.0 Å². The van der Waals surface area contributed by atoms with Crippen LogP contribution in [0.4, 0.5) is 5.69 Å². The van der Waals surface area contributed by atoms with Crippen LogP contribution in [-0.2, 0) is 6.54 Å². The zero-order valence-corrected chi connectivity index (χ0v) is 11.2. The van der Waals surface area contributed by atoms with Crippen molar-refractivity contribution in [2.45, 2.75) is 45.3 Å². The maximum Gasteiger partial charge on any atom is 0.0643 e. The summed E-state index contributed by atoms with van der Waals surface area (Å²) in [6.07, 6.45) is 1.60. The first-order chi connectivity index (χ1) is 8.76. The number of hydrogen-bond donors (Lipinski definition) is 1. The SMILES string of the molecule is CCC(CC#N)N1CC(C)NCc2ccccc21. The molecule has 0 amide bonds. The molecule has 0 aliphatic carbocycles. The summed E-state index contributed by atoms with van der Waals surface area (Å²) in [5, 5.41) is 12.5. The number of fused-ring (bicyclic) bond motifs is 1. The summed E-state index contributed by atoms with van der Waals surface area (Å²) in [7, 11) is 0. The quantitative estimate of drug-likeness (QED) is 0.887. The second kappa shape index (κ2) is 5.88. The van der Waals surface area contributed by atoms with Gasteiger partial charge in [0.15, 0.2) is 0 Å². The van der Waals surface area contributed by atoms with Crippen LogP contribution in [0.5, 0.6) is 0 Å². The monoisotopic (exact) mass is 243 g/mol. The van der Waals surface area contributed by atoms with Crippen molar-refractivity contribution in [2.75, 3.05) is 11.4 Å². The molecule has 0 bridgehead atoms. The number of hydrogen-bond acceptors (Lipinski definition) is 3. The lowest BCUT2D eigenvalue weighted by Gasteiger charge is -2.33. The molecule has 1 heterocycles. The summed E-state index contributed by atoms with van der Waals surface area (Å²) in [6.45, 7) is 6.25. The van der Waals surface area contributed by atoms with Gasteiger partial charge in [-0.3, -0.25) is 0 Å². The molecule has 0 saturated heterocycles. The predicted molar refractivity (Wildman–Crippen MR) is 74.4 cm³/mol. The van der Waals surface area contributed by atoms with Gasteiger partial charge >= 0.3 is 0 Å². The van der Waals surface area contributed by atoms with E-state index in [4.69, 9.17) is 5.26 Å². The molecular weight excluding hydrogens is 222 g/mol. The van der Waals surface area contributed by atoms with E-state index in [9.17, 15) is 0 Å². The van der Waals surface area contributed by atoms with Crippen molar-refractivity contribution >= 4 is 5.69 Å². The second-order valence-corrected chi connectivity index (χ2v) is 4.99. The minimum absolute atomic E-state index is 0.318. The summed E-state index contributed by atoms with van der Waals surface area (Å²) in [4.78, 5) is 2.41. The van der Waals surface area contributed by atoms with Crippen LogP contribution in [0.1, 0.15) is 32.3 Å². The molecule has 0 aromatic heterocycles. The molecular formula is C15H21N3. The lowest BCUT2D eigenvalue weighted by molar-refractivity contribution is 0.509. The maximum absolute atomic E-state index is 8.99. The van der Waals surface area contributed by atoms with Crippen molar-refractivity contribution < 1.29 is 0 Å². The number of anilines is 1. The Labute approximate surface area is 109 Å². The predicted octanol–water partition coefficient (Wildman–Crippen LogP) is 2.68. The van der Waals surface area contributed by atoms with Crippen molar-refractivity contribution in [3.63, 3.8) is 0 Å². The summed E-state index contributed by atoms with van der Waals surface area (Å²) in [6, 6.07) is 11.6. The minimum Gasteiger partial charge on any atom is -0.366 e. The molecule has 2 atom stereocenters. The average Bonchev–Trinajstić information content (AvgIpc) is 2.56. The van der Waals surface area contributed by atoms with Gasteiger partial charge in [-0.15, -0.1) is 0 Å². The molecule has 3 nitrogen and oxygen atoms in total. The third-order valence-electron chi connectivity index (χ3n) is 3.65. The first-order valence-corrected chi connectivity index (χ1v) is 6.71. The number of nitriles is 1. The van der Waals surface area contributed by atoms with Gasteiger partial charge in [-0.25, -0.2) is 0 Å². The normalized spacial score (nSPS) is 20.7. The molecule has 0 saturated carbocycles. The third kappa shape index (κ3) is 2.65. The Bertz CT molecular complexity index is 436. The Hall–Kier alpha value is -1.53. The van der Waals surface area contributed by atoms with E-state index >= 15 is 0 Å². The van der Waals surface area contributed by atoms with Crippen LogP contribution in [-0.4, -0.2) is 18.6 Å². The van der Waals surface area contributed by atoms with Gasteiger partial charge in [0.1, 0.15) is 0 Å². The summed E-state index contributed by atoms with van der Waals surface area (Å²) >= 11 is 0. The largest absolute Gasteiger partial charge is 0.366 e. The van der Waals surface area contributed by atoms with E-state index < -0.39 is 0 Å². The first-order valence-electron chi connectivity index (χ1n) is 6.71. The zero-order valence-electron chi connectivity index (χ0n) is 11.2. The molecule has 1 aliphatic heterocycles. The fourth-order valence-corrected chi connectivity index (χ4v) is 2.61. The van der Waals surface area contributed by atoms with E-state index in [0.29, 0.717) is 18.5 Å². The zero-order chi connectivity index (χ0) is 13.0. The third-order valence-corrected chi connectivity index (χ3v) is 3.65. The molecule has 0 radical (unpaired) electrons. The molecule has 18 heavy (non-hydrogen) atoms. The van der Waals surface area contributed by atoms with Gasteiger partial charge in [-0.2, -0.15) is 5.26 Å². The number of para-hydroxylation sites is 1. The van der Waals surface area contributed by atoms with E-state index in [-0.39, 0.29) is 0 Å². The molecule has 1 aromatic rings. The lowest BCUT2D eigenvalue weighted by Crippen LogP contribution is -2.42. The van der Waals surface area contributed by atoms with Gasteiger partial charge < -0.3 is 10.2 Å². The van der Waals surface area contributed by atoms with Crippen LogP contribution in [0.15, 0.2) is 24.3 Å². The number of benzene rings is 1. The van der Waals surface area contributed by atoms with E-state index in [0.717, 1.165) is 19.5 Å². The molecule has 3 heteroatoms. The van der Waals surface area contributed by atoms with Crippen LogP contribution >= 0.6 is 0 Å². The van der Waals surface area contributed by atoms with Gasteiger partial charge in [0.05, 0.1) is 12.5 Å². The van der Waals surface area contributed by atoms with E-state index in [1.54, 1.807) is 0 Å². The summed E-state index contributed by atoms with van der Waals surface area (Å²) < 4.78 is 0. The molecule has 0 spiro atoms.